The molecule has 5 rings (SSSR count). The normalized spacial score (nSPS) is 15.6. The second-order valence-corrected chi connectivity index (χ2v) is 6.58. The Balaban J connectivity index is 1.76. The molecule has 0 unspecified atom stereocenters. The van der Waals surface area contributed by atoms with Crippen molar-refractivity contribution >= 4 is 33.6 Å². The highest BCUT2D eigenvalue weighted by Crippen LogP contribution is 2.34. The first-order valence-corrected chi connectivity index (χ1v) is 8.90. The summed E-state index contributed by atoms with van der Waals surface area (Å²) >= 11 is 0. The van der Waals surface area contributed by atoms with Gasteiger partial charge in [-0.2, -0.15) is 0 Å². The largest absolute Gasteiger partial charge is 0.246 e. The van der Waals surface area contributed by atoms with Gasteiger partial charge >= 0.3 is 0 Å². The number of rotatable bonds is 2. The van der Waals surface area contributed by atoms with Gasteiger partial charge in [0.25, 0.3) is 0 Å². The van der Waals surface area contributed by atoms with Gasteiger partial charge in [-0.3, -0.25) is 0 Å². The van der Waals surface area contributed by atoms with Gasteiger partial charge in [-0.15, -0.1) is 0 Å². The van der Waals surface area contributed by atoms with E-state index in [-0.39, 0.29) is 11.6 Å². The van der Waals surface area contributed by atoms with Crippen molar-refractivity contribution in [1.82, 2.24) is 0 Å². The lowest BCUT2D eigenvalue weighted by Gasteiger charge is -2.04. The lowest BCUT2D eigenvalue weighted by molar-refractivity contribution is 0.627. The molecule has 0 N–H and O–H groups in total. The van der Waals surface area contributed by atoms with Crippen LogP contribution in [0.15, 0.2) is 94.9 Å². The minimum absolute atomic E-state index is 0.305. The molecule has 0 fully saturated rings. The fourth-order valence-electron chi connectivity index (χ4n) is 3.51. The molecule has 0 atom stereocenters. The van der Waals surface area contributed by atoms with Crippen LogP contribution in [0.5, 0.6) is 0 Å². The zero-order valence-corrected chi connectivity index (χ0v) is 14.7. The van der Waals surface area contributed by atoms with Crippen LogP contribution in [0, 0.1) is 11.6 Å². The van der Waals surface area contributed by atoms with Crippen molar-refractivity contribution in [3.8, 4) is 0 Å². The van der Waals surface area contributed by atoms with E-state index in [9.17, 15) is 8.78 Å². The zero-order valence-electron chi connectivity index (χ0n) is 14.7. The summed E-state index contributed by atoms with van der Waals surface area (Å²) in [4.78, 5) is 9.56. The Morgan fingerprint density at radius 3 is 1.36 bits per heavy atom. The number of hydrogen-bond donors (Lipinski definition) is 0. The predicted octanol–water partition coefficient (Wildman–Crippen LogP) is 6.37. The smallest absolute Gasteiger partial charge is 0.123 e. The van der Waals surface area contributed by atoms with Gasteiger partial charge in [-0.25, -0.2) is 18.8 Å². The first-order valence-electron chi connectivity index (χ1n) is 8.90. The van der Waals surface area contributed by atoms with E-state index in [2.05, 4.69) is 12.1 Å². The topological polar surface area (TPSA) is 24.7 Å². The van der Waals surface area contributed by atoms with Crippen LogP contribution in [0.25, 0.3) is 10.8 Å². The van der Waals surface area contributed by atoms with Crippen LogP contribution in [0.4, 0.5) is 20.2 Å². The highest BCUT2D eigenvalue weighted by atomic mass is 19.1. The van der Waals surface area contributed by atoms with Crippen LogP contribution in [0.1, 0.15) is 11.1 Å². The maximum atomic E-state index is 13.3. The third-order valence-corrected chi connectivity index (χ3v) is 4.77. The van der Waals surface area contributed by atoms with Gasteiger partial charge in [-0.05, 0) is 53.9 Å². The molecule has 28 heavy (non-hydrogen) atoms. The predicted molar refractivity (Wildman–Crippen MR) is 109 cm³/mol. The van der Waals surface area contributed by atoms with E-state index in [0.29, 0.717) is 11.4 Å². The maximum absolute atomic E-state index is 13.3. The Bertz CT molecular complexity index is 1160. The molecular formula is C24H14F2N2. The van der Waals surface area contributed by atoms with Gasteiger partial charge in [0.15, 0.2) is 0 Å². The lowest BCUT2D eigenvalue weighted by Crippen LogP contribution is -2.10. The van der Waals surface area contributed by atoms with Crippen LogP contribution in [0.2, 0.25) is 0 Å². The van der Waals surface area contributed by atoms with Crippen molar-refractivity contribution < 1.29 is 8.78 Å². The summed E-state index contributed by atoms with van der Waals surface area (Å²) in [5.74, 6) is -0.609. The standard InChI is InChI=1S/C24H14F2N2/c25-16-7-11-18(12-8-16)27-23-20-5-1-3-15-4-2-6-21(22(15)20)24(23)28-19-13-9-17(26)10-14-19/h1-14H. The third-order valence-electron chi connectivity index (χ3n) is 4.77. The van der Waals surface area contributed by atoms with E-state index in [1.165, 1.54) is 24.3 Å². The van der Waals surface area contributed by atoms with Gasteiger partial charge in [0.1, 0.15) is 11.6 Å². The van der Waals surface area contributed by atoms with Gasteiger partial charge in [0, 0.05) is 16.5 Å². The molecule has 0 saturated heterocycles. The molecule has 0 aliphatic heterocycles. The van der Waals surface area contributed by atoms with E-state index in [1.807, 2.05) is 24.3 Å². The molecule has 134 valence electrons. The summed E-state index contributed by atoms with van der Waals surface area (Å²) in [6.07, 6.45) is 0. The van der Waals surface area contributed by atoms with E-state index < -0.39 is 0 Å². The fourth-order valence-corrected chi connectivity index (χ4v) is 3.51. The number of benzene rings is 4. The van der Waals surface area contributed by atoms with E-state index in [4.69, 9.17) is 9.98 Å². The van der Waals surface area contributed by atoms with Gasteiger partial charge in [-0.1, -0.05) is 36.4 Å². The summed E-state index contributed by atoms with van der Waals surface area (Å²) in [5.41, 5.74) is 4.71. The number of hydrogen-bond acceptors (Lipinski definition) is 2. The molecular weight excluding hydrogens is 354 g/mol. The molecule has 0 heterocycles. The van der Waals surface area contributed by atoms with Crippen molar-refractivity contribution in [1.29, 1.82) is 0 Å². The fraction of sp³-hybridized carbons (Fsp3) is 0. The summed E-state index contributed by atoms with van der Waals surface area (Å²) in [5, 5.41) is 2.19. The molecule has 2 nitrogen and oxygen atoms in total. The molecule has 0 saturated carbocycles. The average molecular weight is 368 g/mol. The van der Waals surface area contributed by atoms with Crippen LogP contribution >= 0.6 is 0 Å². The maximum Gasteiger partial charge on any atom is 0.123 e. The van der Waals surface area contributed by atoms with E-state index in [0.717, 1.165) is 33.3 Å². The molecule has 4 heteroatoms. The highest BCUT2D eigenvalue weighted by Gasteiger charge is 2.27. The third kappa shape index (κ3) is 2.79. The molecule has 1 aliphatic rings. The average Bonchev–Trinajstić information content (AvgIpc) is 3.01. The Labute approximate surface area is 160 Å². The quantitative estimate of drug-likeness (QED) is 0.393. The summed E-state index contributed by atoms with van der Waals surface area (Å²) in [6, 6.07) is 24.2. The number of halogens is 2. The first-order chi connectivity index (χ1) is 13.7. The molecule has 4 aromatic carbocycles. The Kier molecular flexibility index (Phi) is 3.83. The summed E-state index contributed by atoms with van der Waals surface area (Å²) in [6.45, 7) is 0. The second kappa shape index (κ2) is 6.50. The zero-order chi connectivity index (χ0) is 19.1. The SMILES string of the molecule is Fc1ccc(N=C2C(=Nc3ccc(F)cc3)c3cccc4cccc2c34)cc1. The minimum Gasteiger partial charge on any atom is -0.246 e. The van der Waals surface area contributed by atoms with Crippen LogP contribution in [0.3, 0.4) is 0 Å². The molecule has 0 spiro atoms. The van der Waals surface area contributed by atoms with Crippen LogP contribution < -0.4 is 0 Å². The number of nitrogens with zero attached hydrogens (tertiary/aromatic N) is 2. The highest BCUT2D eigenvalue weighted by molar-refractivity contribution is 6.61. The Morgan fingerprint density at radius 1 is 0.500 bits per heavy atom. The molecule has 0 aromatic heterocycles. The van der Waals surface area contributed by atoms with E-state index >= 15 is 0 Å². The van der Waals surface area contributed by atoms with Gasteiger partial charge in [0.2, 0.25) is 0 Å². The molecule has 4 aromatic rings. The van der Waals surface area contributed by atoms with E-state index in [1.54, 1.807) is 24.3 Å². The van der Waals surface area contributed by atoms with Crippen molar-refractivity contribution in [2.75, 3.05) is 0 Å². The molecule has 0 amide bonds. The molecule has 1 aliphatic carbocycles. The van der Waals surface area contributed by atoms with Crippen LogP contribution in [-0.4, -0.2) is 11.4 Å². The van der Waals surface area contributed by atoms with Crippen molar-refractivity contribution in [3.05, 3.63) is 108 Å². The summed E-state index contributed by atoms with van der Waals surface area (Å²) < 4.78 is 26.6. The van der Waals surface area contributed by atoms with Crippen molar-refractivity contribution in [3.63, 3.8) is 0 Å². The minimum atomic E-state index is -0.305. The van der Waals surface area contributed by atoms with Gasteiger partial charge < -0.3 is 0 Å². The Hall–Kier alpha value is -3.66. The van der Waals surface area contributed by atoms with Crippen molar-refractivity contribution in [2.45, 2.75) is 0 Å². The van der Waals surface area contributed by atoms with Crippen LogP contribution in [-0.2, 0) is 0 Å². The molecule has 0 radical (unpaired) electrons. The second-order valence-electron chi connectivity index (χ2n) is 6.58. The monoisotopic (exact) mass is 368 g/mol. The molecule has 0 bridgehead atoms. The number of aliphatic imine (C=N–C) groups is 2. The Morgan fingerprint density at radius 2 is 0.929 bits per heavy atom. The first kappa shape index (κ1) is 16.5. The van der Waals surface area contributed by atoms with Crippen molar-refractivity contribution in [2.24, 2.45) is 9.98 Å². The van der Waals surface area contributed by atoms with Gasteiger partial charge in [0.05, 0.1) is 22.8 Å². The summed E-state index contributed by atoms with van der Waals surface area (Å²) in [7, 11) is 0. The lowest BCUT2D eigenvalue weighted by atomic mass is 10.1.